The van der Waals surface area contributed by atoms with Gasteiger partial charge < -0.3 is 10.1 Å². The van der Waals surface area contributed by atoms with E-state index in [1.54, 1.807) is 54.9 Å². The second-order valence-corrected chi connectivity index (χ2v) is 14.2. The van der Waals surface area contributed by atoms with Crippen molar-refractivity contribution in [1.29, 1.82) is 0 Å². The van der Waals surface area contributed by atoms with Crippen molar-refractivity contribution in [2.75, 3.05) is 11.9 Å². The standard InChI is InChI=1S/C36H30Cl2N6O6S/c1-22-16-28(17-23(2)34(22)38)50-27-8-5-25(6-9-27)21-43-35(30-18-26(37)7-11-31(30)41-43)36(45)42-51(48,49)29-10-12-32(33(19-29)44(46)47)40-15-13-24-4-3-14-39-20-24/h3-12,14,16-20,40H,13,15,21H2,1-2H3,(H,42,45). The van der Waals surface area contributed by atoms with Gasteiger partial charge in [-0.05, 0) is 103 Å². The zero-order valence-corrected chi connectivity index (χ0v) is 29.6. The molecule has 0 saturated carbocycles. The number of amides is 1. The number of aryl methyl sites for hydroxylation is 2. The summed E-state index contributed by atoms with van der Waals surface area (Å²) < 4.78 is 36.4. The van der Waals surface area contributed by atoms with E-state index in [9.17, 15) is 23.3 Å². The molecule has 12 nitrogen and oxygen atoms in total. The summed E-state index contributed by atoms with van der Waals surface area (Å²) in [4.78, 5) is 28.6. The highest BCUT2D eigenvalue weighted by atomic mass is 35.5. The van der Waals surface area contributed by atoms with Gasteiger partial charge in [0.1, 0.15) is 22.9 Å². The normalized spacial score (nSPS) is 11.4. The van der Waals surface area contributed by atoms with E-state index in [1.807, 2.05) is 32.0 Å². The lowest BCUT2D eigenvalue weighted by Gasteiger charge is -2.12. The summed E-state index contributed by atoms with van der Waals surface area (Å²) in [5.74, 6) is 0.217. The van der Waals surface area contributed by atoms with Crippen LogP contribution in [0, 0.1) is 24.0 Å². The van der Waals surface area contributed by atoms with E-state index < -0.39 is 31.4 Å². The molecule has 1 amide bonds. The zero-order chi connectivity index (χ0) is 36.3. The molecule has 0 bridgehead atoms. The molecule has 6 rings (SSSR count). The number of fused-ring (bicyclic) bond motifs is 1. The molecule has 51 heavy (non-hydrogen) atoms. The molecule has 0 atom stereocenters. The van der Waals surface area contributed by atoms with Crippen LogP contribution in [0.2, 0.25) is 10.0 Å². The zero-order valence-electron chi connectivity index (χ0n) is 27.3. The minimum absolute atomic E-state index is 0.0632. The molecule has 4 aromatic carbocycles. The molecule has 2 aromatic heterocycles. The van der Waals surface area contributed by atoms with E-state index in [4.69, 9.17) is 27.9 Å². The van der Waals surface area contributed by atoms with Crippen molar-refractivity contribution < 1.29 is 22.9 Å². The molecule has 2 heterocycles. The van der Waals surface area contributed by atoms with E-state index in [1.165, 1.54) is 22.9 Å². The predicted molar refractivity (Wildman–Crippen MR) is 195 cm³/mol. The molecule has 0 radical (unpaired) electrons. The number of rotatable bonds is 12. The Morgan fingerprint density at radius 2 is 1.69 bits per heavy atom. The Bertz CT molecular complexity index is 2360. The van der Waals surface area contributed by atoms with E-state index in [-0.39, 0.29) is 17.9 Å². The van der Waals surface area contributed by atoms with Crippen molar-refractivity contribution in [1.82, 2.24) is 19.5 Å². The van der Waals surface area contributed by atoms with Crippen molar-refractivity contribution in [3.8, 4) is 11.5 Å². The summed E-state index contributed by atoms with van der Waals surface area (Å²) >= 11 is 12.5. The summed E-state index contributed by atoms with van der Waals surface area (Å²) in [6.45, 7) is 4.23. The van der Waals surface area contributed by atoms with E-state index in [0.29, 0.717) is 45.4 Å². The minimum atomic E-state index is -4.57. The molecule has 6 aromatic rings. The van der Waals surface area contributed by atoms with Gasteiger partial charge in [0.2, 0.25) is 0 Å². The summed E-state index contributed by atoms with van der Waals surface area (Å²) in [6, 6.07) is 22.6. The van der Waals surface area contributed by atoms with Gasteiger partial charge >= 0.3 is 0 Å². The number of anilines is 1. The second kappa shape index (κ2) is 14.8. The molecule has 2 N–H and O–H groups in total. The third-order valence-corrected chi connectivity index (χ3v) is 10.1. The Kier molecular flexibility index (Phi) is 10.2. The topological polar surface area (TPSA) is 158 Å². The van der Waals surface area contributed by atoms with Gasteiger partial charge in [0.05, 0.1) is 21.9 Å². The van der Waals surface area contributed by atoms with Gasteiger partial charge in [0.25, 0.3) is 21.6 Å². The van der Waals surface area contributed by atoms with Gasteiger partial charge in [-0.25, -0.2) is 13.1 Å². The molecule has 0 aliphatic heterocycles. The Hall–Kier alpha value is -5.50. The van der Waals surface area contributed by atoms with Crippen LogP contribution in [-0.4, -0.2) is 40.6 Å². The fraction of sp³-hybridized carbons (Fsp3) is 0.139. The van der Waals surface area contributed by atoms with Gasteiger partial charge in [0.15, 0.2) is 0 Å². The lowest BCUT2D eigenvalue weighted by molar-refractivity contribution is -0.384. The highest BCUT2D eigenvalue weighted by Gasteiger charge is 2.27. The number of ether oxygens (including phenoxy) is 1. The molecule has 0 aliphatic rings. The number of benzene rings is 4. The maximum atomic E-state index is 13.8. The Labute approximate surface area is 303 Å². The lowest BCUT2D eigenvalue weighted by Crippen LogP contribution is -2.32. The number of hydrogen-bond donors (Lipinski definition) is 2. The number of carbonyl (C=O) groups is 1. The number of nitro benzene ring substituents is 1. The number of nitrogens with one attached hydrogen (secondary N) is 2. The van der Waals surface area contributed by atoms with Gasteiger partial charge in [-0.1, -0.05) is 41.4 Å². The number of aromatic nitrogens is 3. The average Bonchev–Trinajstić information content (AvgIpc) is 3.45. The molecule has 0 aliphatic carbocycles. The first kappa shape index (κ1) is 35.3. The predicted octanol–water partition coefficient (Wildman–Crippen LogP) is 7.88. The van der Waals surface area contributed by atoms with Gasteiger partial charge in [0, 0.05) is 40.4 Å². The molecule has 260 valence electrons. The first-order valence-corrected chi connectivity index (χ1v) is 17.8. The maximum Gasteiger partial charge on any atom is 0.293 e. The molecule has 15 heteroatoms. The first-order valence-electron chi connectivity index (χ1n) is 15.6. The molecule has 0 unspecified atom stereocenters. The van der Waals surface area contributed by atoms with Crippen LogP contribution < -0.4 is 14.8 Å². The molecule has 0 fully saturated rings. The van der Waals surface area contributed by atoms with Crippen LogP contribution in [0.1, 0.15) is 32.7 Å². The van der Waals surface area contributed by atoms with Crippen molar-refractivity contribution in [2.24, 2.45) is 0 Å². The summed E-state index contributed by atoms with van der Waals surface area (Å²) in [5.41, 5.74) is 3.45. The van der Waals surface area contributed by atoms with E-state index >= 15 is 0 Å². The van der Waals surface area contributed by atoms with Crippen molar-refractivity contribution >= 4 is 61.4 Å². The smallest absolute Gasteiger partial charge is 0.293 e. The molecular formula is C36H30Cl2N6O6S. The van der Waals surface area contributed by atoms with Crippen LogP contribution in [0.25, 0.3) is 10.9 Å². The molecule has 0 spiro atoms. The summed E-state index contributed by atoms with van der Waals surface area (Å²) in [5, 5.41) is 20.8. The SMILES string of the molecule is Cc1cc(Oc2ccc(Cn3nc4ccc(Cl)cc4c3C(=O)NS(=O)(=O)c3ccc(NCCc4cccnc4)c([N+](=O)[O-])c3)cc2)cc(C)c1Cl. The lowest BCUT2D eigenvalue weighted by atomic mass is 10.1. The fourth-order valence-electron chi connectivity index (χ4n) is 5.49. The Morgan fingerprint density at radius 3 is 2.37 bits per heavy atom. The number of nitro groups is 1. The van der Waals surface area contributed by atoms with Crippen LogP contribution in [0.4, 0.5) is 11.4 Å². The molecular weight excluding hydrogens is 715 g/mol. The highest BCUT2D eigenvalue weighted by molar-refractivity contribution is 7.90. The number of nitrogens with zero attached hydrogens (tertiary/aromatic N) is 4. The van der Waals surface area contributed by atoms with Gasteiger partial charge in [-0.3, -0.25) is 24.6 Å². The van der Waals surface area contributed by atoms with Gasteiger partial charge in [-0.15, -0.1) is 0 Å². The average molecular weight is 746 g/mol. The monoisotopic (exact) mass is 744 g/mol. The van der Waals surface area contributed by atoms with Crippen molar-refractivity contribution in [3.05, 3.63) is 145 Å². The van der Waals surface area contributed by atoms with Crippen LogP contribution in [0.5, 0.6) is 11.5 Å². The third kappa shape index (κ3) is 8.12. The molecule has 0 saturated heterocycles. The number of sulfonamides is 1. The Balaban J connectivity index is 1.23. The fourth-order valence-corrected chi connectivity index (χ4v) is 6.74. The summed E-state index contributed by atoms with van der Waals surface area (Å²) in [6.07, 6.45) is 3.87. The number of carbonyl (C=O) groups excluding carboxylic acids is 1. The summed E-state index contributed by atoms with van der Waals surface area (Å²) in [7, 11) is -4.57. The van der Waals surface area contributed by atoms with E-state index in [0.717, 1.165) is 28.3 Å². The van der Waals surface area contributed by atoms with Crippen LogP contribution in [0.3, 0.4) is 0 Å². The highest BCUT2D eigenvalue weighted by Crippen LogP contribution is 2.31. The van der Waals surface area contributed by atoms with Crippen LogP contribution in [0.15, 0.2) is 102 Å². The first-order chi connectivity index (χ1) is 24.4. The van der Waals surface area contributed by atoms with Gasteiger partial charge in [-0.2, -0.15) is 5.10 Å². The van der Waals surface area contributed by atoms with E-state index in [2.05, 4.69) is 20.1 Å². The Morgan fingerprint density at radius 1 is 0.941 bits per heavy atom. The quantitative estimate of drug-likeness (QED) is 0.0939. The third-order valence-electron chi connectivity index (χ3n) is 7.97. The number of hydrogen-bond acceptors (Lipinski definition) is 9. The van der Waals surface area contributed by atoms with Crippen molar-refractivity contribution in [2.45, 2.75) is 31.7 Å². The maximum absolute atomic E-state index is 13.8. The number of halogens is 2. The number of pyridine rings is 1. The van der Waals surface area contributed by atoms with Crippen molar-refractivity contribution in [3.63, 3.8) is 0 Å². The minimum Gasteiger partial charge on any atom is -0.457 e. The van der Waals surface area contributed by atoms with Crippen LogP contribution >= 0.6 is 23.2 Å². The van der Waals surface area contributed by atoms with Crippen LogP contribution in [-0.2, 0) is 23.0 Å². The largest absolute Gasteiger partial charge is 0.457 e. The second-order valence-electron chi connectivity index (χ2n) is 11.7.